The molecule has 1 amide bonds. The van der Waals surface area contributed by atoms with E-state index in [9.17, 15) is 4.79 Å². The van der Waals surface area contributed by atoms with E-state index in [1.165, 1.54) is 19.3 Å². The van der Waals surface area contributed by atoms with Gasteiger partial charge in [-0.05, 0) is 18.6 Å². The number of para-hydroxylation sites is 2. The molecular weight excluding hydrogens is 224 g/mol. The molecule has 3 heteroatoms. The molecule has 0 saturated carbocycles. The first kappa shape index (κ1) is 12.9. The van der Waals surface area contributed by atoms with E-state index in [1.54, 1.807) is 0 Å². The topological polar surface area (TPSA) is 32.3 Å². The van der Waals surface area contributed by atoms with Gasteiger partial charge in [-0.25, -0.2) is 0 Å². The second-order valence-corrected chi connectivity index (χ2v) is 5.06. The van der Waals surface area contributed by atoms with Crippen molar-refractivity contribution in [3.05, 3.63) is 24.3 Å². The molecule has 0 aromatic heterocycles. The Hall–Kier alpha value is -1.51. The first-order valence-corrected chi connectivity index (χ1v) is 6.87. The van der Waals surface area contributed by atoms with Gasteiger partial charge in [-0.2, -0.15) is 0 Å². The molecule has 0 aliphatic carbocycles. The number of anilines is 2. The van der Waals surface area contributed by atoms with E-state index < -0.39 is 0 Å². The number of rotatable bonds is 4. The van der Waals surface area contributed by atoms with Crippen molar-refractivity contribution in [2.45, 2.75) is 33.1 Å². The fourth-order valence-electron chi connectivity index (χ4n) is 2.39. The van der Waals surface area contributed by atoms with Crippen molar-refractivity contribution in [1.29, 1.82) is 0 Å². The van der Waals surface area contributed by atoms with E-state index >= 15 is 0 Å². The maximum Gasteiger partial charge on any atom is 0.229 e. The van der Waals surface area contributed by atoms with Crippen LogP contribution < -0.4 is 10.2 Å². The largest absolute Gasteiger partial charge is 0.369 e. The van der Waals surface area contributed by atoms with Gasteiger partial charge in [-0.15, -0.1) is 0 Å². The lowest BCUT2D eigenvalue weighted by Gasteiger charge is -2.25. The molecule has 1 aliphatic rings. The molecule has 1 unspecified atom stereocenters. The van der Waals surface area contributed by atoms with Crippen LogP contribution in [0.5, 0.6) is 0 Å². The van der Waals surface area contributed by atoms with Crippen LogP contribution in [0.3, 0.4) is 0 Å². The van der Waals surface area contributed by atoms with E-state index in [1.807, 2.05) is 25.1 Å². The summed E-state index contributed by atoms with van der Waals surface area (Å²) in [6.07, 6.45) is 3.66. The molecule has 2 rings (SSSR count). The summed E-state index contributed by atoms with van der Waals surface area (Å²) in [7, 11) is 0. The zero-order valence-electron chi connectivity index (χ0n) is 11.3. The monoisotopic (exact) mass is 246 g/mol. The molecule has 1 aliphatic heterocycles. The number of benzene rings is 1. The highest BCUT2D eigenvalue weighted by Crippen LogP contribution is 2.29. The van der Waals surface area contributed by atoms with Gasteiger partial charge in [0.2, 0.25) is 5.91 Å². The molecule has 1 N–H and O–H groups in total. The van der Waals surface area contributed by atoms with Crippen LogP contribution in [-0.2, 0) is 4.79 Å². The van der Waals surface area contributed by atoms with Gasteiger partial charge >= 0.3 is 0 Å². The van der Waals surface area contributed by atoms with Crippen LogP contribution >= 0.6 is 0 Å². The number of hydrogen-bond donors (Lipinski definition) is 1. The van der Waals surface area contributed by atoms with Gasteiger partial charge in [-0.3, -0.25) is 4.79 Å². The van der Waals surface area contributed by atoms with E-state index in [2.05, 4.69) is 23.2 Å². The predicted octanol–water partition coefficient (Wildman–Crippen LogP) is 3.27. The first-order valence-electron chi connectivity index (χ1n) is 6.87. The Morgan fingerprint density at radius 2 is 2.11 bits per heavy atom. The van der Waals surface area contributed by atoms with Crippen LogP contribution in [0.15, 0.2) is 24.3 Å². The third-order valence-corrected chi connectivity index (χ3v) is 3.48. The minimum atomic E-state index is 0.0408. The summed E-state index contributed by atoms with van der Waals surface area (Å²) in [6, 6.07) is 8.09. The van der Waals surface area contributed by atoms with Crippen LogP contribution in [0.25, 0.3) is 0 Å². The van der Waals surface area contributed by atoms with Gasteiger partial charge in [0.25, 0.3) is 0 Å². The number of hydrogen-bond acceptors (Lipinski definition) is 2. The Morgan fingerprint density at radius 1 is 1.33 bits per heavy atom. The SMILES string of the molecule is CCCCCN1CC(C)C(=O)Nc2ccccc21. The maximum absolute atomic E-state index is 11.9. The summed E-state index contributed by atoms with van der Waals surface area (Å²) >= 11 is 0. The van der Waals surface area contributed by atoms with Crippen LogP contribution in [0.4, 0.5) is 11.4 Å². The Labute approximate surface area is 109 Å². The lowest BCUT2D eigenvalue weighted by molar-refractivity contribution is -0.119. The first-order chi connectivity index (χ1) is 8.72. The number of nitrogens with zero attached hydrogens (tertiary/aromatic N) is 1. The van der Waals surface area contributed by atoms with Crippen molar-refractivity contribution >= 4 is 17.3 Å². The molecular formula is C15H22N2O. The van der Waals surface area contributed by atoms with Crippen molar-refractivity contribution < 1.29 is 4.79 Å². The lowest BCUT2D eigenvalue weighted by Crippen LogP contribution is -2.31. The Bertz CT molecular complexity index is 417. The Kier molecular flexibility index (Phi) is 4.24. The maximum atomic E-state index is 11.9. The van der Waals surface area contributed by atoms with Crippen molar-refractivity contribution in [1.82, 2.24) is 0 Å². The fourth-order valence-corrected chi connectivity index (χ4v) is 2.39. The molecule has 3 nitrogen and oxygen atoms in total. The minimum Gasteiger partial charge on any atom is -0.369 e. The van der Waals surface area contributed by atoms with Crippen molar-refractivity contribution in [3.8, 4) is 0 Å². The summed E-state index contributed by atoms with van der Waals surface area (Å²) in [6.45, 7) is 6.05. The highest BCUT2D eigenvalue weighted by Gasteiger charge is 2.23. The third-order valence-electron chi connectivity index (χ3n) is 3.48. The summed E-state index contributed by atoms with van der Waals surface area (Å²) in [5.74, 6) is 0.166. The quantitative estimate of drug-likeness (QED) is 0.827. The second-order valence-electron chi connectivity index (χ2n) is 5.06. The minimum absolute atomic E-state index is 0.0408. The molecule has 1 aromatic rings. The van der Waals surface area contributed by atoms with Gasteiger partial charge in [0.05, 0.1) is 17.3 Å². The molecule has 1 heterocycles. The zero-order valence-corrected chi connectivity index (χ0v) is 11.3. The Morgan fingerprint density at radius 3 is 2.89 bits per heavy atom. The molecule has 98 valence electrons. The smallest absolute Gasteiger partial charge is 0.229 e. The molecule has 18 heavy (non-hydrogen) atoms. The van der Waals surface area contributed by atoms with Gasteiger partial charge < -0.3 is 10.2 Å². The molecule has 0 spiro atoms. The van der Waals surface area contributed by atoms with Crippen LogP contribution in [-0.4, -0.2) is 19.0 Å². The van der Waals surface area contributed by atoms with Crippen LogP contribution in [0, 0.1) is 5.92 Å². The predicted molar refractivity (Wildman–Crippen MR) is 76.0 cm³/mol. The van der Waals surface area contributed by atoms with Gasteiger partial charge in [0.15, 0.2) is 0 Å². The highest BCUT2D eigenvalue weighted by molar-refractivity contribution is 5.97. The molecule has 0 radical (unpaired) electrons. The van der Waals surface area contributed by atoms with E-state index in [-0.39, 0.29) is 11.8 Å². The van der Waals surface area contributed by atoms with Crippen LogP contribution in [0.2, 0.25) is 0 Å². The number of nitrogens with one attached hydrogen (secondary N) is 1. The normalized spacial score (nSPS) is 19.1. The summed E-state index contributed by atoms with van der Waals surface area (Å²) in [5.41, 5.74) is 2.11. The number of carbonyl (C=O) groups excluding carboxylic acids is 1. The molecule has 0 fully saturated rings. The summed E-state index contributed by atoms with van der Waals surface area (Å²) in [5, 5.41) is 3.01. The third kappa shape index (κ3) is 2.84. The van der Waals surface area contributed by atoms with Gasteiger partial charge in [-0.1, -0.05) is 38.8 Å². The summed E-state index contributed by atoms with van der Waals surface area (Å²) < 4.78 is 0. The highest BCUT2D eigenvalue weighted by atomic mass is 16.1. The molecule has 1 aromatic carbocycles. The zero-order chi connectivity index (χ0) is 13.0. The lowest BCUT2D eigenvalue weighted by atomic mass is 10.1. The Balaban J connectivity index is 2.19. The van der Waals surface area contributed by atoms with Crippen molar-refractivity contribution in [3.63, 3.8) is 0 Å². The standard InChI is InChI=1S/C15H22N2O/c1-3-4-7-10-17-11-12(2)15(18)16-13-8-5-6-9-14(13)17/h5-6,8-9,12H,3-4,7,10-11H2,1-2H3,(H,16,18). The van der Waals surface area contributed by atoms with Crippen molar-refractivity contribution in [2.24, 2.45) is 5.92 Å². The number of fused-ring (bicyclic) bond motifs is 1. The molecule has 0 saturated heterocycles. The van der Waals surface area contributed by atoms with E-state index in [0.29, 0.717) is 0 Å². The van der Waals surface area contributed by atoms with Crippen molar-refractivity contribution in [2.75, 3.05) is 23.3 Å². The fraction of sp³-hybridized carbons (Fsp3) is 0.533. The average molecular weight is 246 g/mol. The number of amides is 1. The number of unbranched alkanes of at least 4 members (excludes halogenated alkanes) is 2. The van der Waals surface area contributed by atoms with Gasteiger partial charge in [0.1, 0.15) is 0 Å². The van der Waals surface area contributed by atoms with Crippen LogP contribution in [0.1, 0.15) is 33.1 Å². The van der Waals surface area contributed by atoms with Gasteiger partial charge in [0, 0.05) is 13.1 Å². The molecule has 1 atom stereocenters. The van der Waals surface area contributed by atoms with E-state index in [0.717, 1.165) is 24.5 Å². The summed E-state index contributed by atoms with van der Waals surface area (Å²) in [4.78, 5) is 14.3. The molecule has 0 bridgehead atoms. The number of carbonyl (C=O) groups is 1. The second kappa shape index (κ2) is 5.89. The van der Waals surface area contributed by atoms with E-state index in [4.69, 9.17) is 0 Å². The average Bonchev–Trinajstić information content (AvgIpc) is 2.49.